The molecular formula is C11H23N3O2. The fourth-order valence-corrected chi connectivity index (χ4v) is 1.96. The number of likely N-dealkylation sites (tertiary alicyclic amines) is 1. The number of carbonyl (C=O) groups excluding carboxylic acids is 1. The van der Waals surface area contributed by atoms with Gasteiger partial charge in [0.05, 0.1) is 13.2 Å². The van der Waals surface area contributed by atoms with Gasteiger partial charge in [-0.3, -0.25) is 4.79 Å². The summed E-state index contributed by atoms with van der Waals surface area (Å²) in [7, 11) is 3.73. The number of amides is 1. The Balaban J connectivity index is 2.10. The van der Waals surface area contributed by atoms with Crippen LogP contribution in [0.25, 0.3) is 0 Å². The quantitative estimate of drug-likeness (QED) is 0.640. The highest BCUT2D eigenvalue weighted by Gasteiger charge is 2.19. The first-order valence-corrected chi connectivity index (χ1v) is 5.82. The highest BCUT2D eigenvalue weighted by Crippen LogP contribution is 2.05. The lowest BCUT2D eigenvalue weighted by Crippen LogP contribution is -2.44. The minimum Gasteiger partial charge on any atom is -0.383 e. The molecule has 0 spiro atoms. The van der Waals surface area contributed by atoms with Crippen LogP contribution in [0.3, 0.4) is 0 Å². The molecule has 0 aromatic carbocycles. The van der Waals surface area contributed by atoms with E-state index in [0.29, 0.717) is 19.2 Å². The van der Waals surface area contributed by atoms with E-state index >= 15 is 0 Å². The van der Waals surface area contributed by atoms with Gasteiger partial charge in [0.25, 0.3) is 0 Å². The molecule has 1 heterocycles. The van der Waals surface area contributed by atoms with Gasteiger partial charge >= 0.3 is 0 Å². The van der Waals surface area contributed by atoms with Crippen LogP contribution in [0.4, 0.5) is 0 Å². The second-order valence-corrected chi connectivity index (χ2v) is 4.55. The molecule has 5 nitrogen and oxygen atoms in total. The summed E-state index contributed by atoms with van der Waals surface area (Å²) in [5, 5.41) is 6.14. The van der Waals surface area contributed by atoms with Crippen molar-refractivity contribution in [2.45, 2.75) is 25.4 Å². The van der Waals surface area contributed by atoms with Crippen molar-refractivity contribution in [2.24, 2.45) is 0 Å². The van der Waals surface area contributed by atoms with Crippen LogP contribution in [0.1, 0.15) is 13.3 Å². The zero-order valence-electron chi connectivity index (χ0n) is 10.5. The molecule has 1 amide bonds. The van der Waals surface area contributed by atoms with Crippen molar-refractivity contribution in [3.8, 4) is 0 Å². The molecule has 1 aliphatic rings. The summed E-state index contributed by atoms with van der Waals surface area (Å²) < 4.78 is 4.95. The fraction of sp³-hybridized carbons (Fsp3) is 0.909. The molecule has 1 rings (SSSR count). The summed E-state index contributed by atoms with van der Waals surface area (Å²) in [6.07, 6.45) is 1.12. The predicted molar refractivity (Wildman–Crippen MR) is 63.4 cm³/mol. The Morgan fingerprint density at radius 1 is 1.62 bits per heavy atom. The largest absolute Gasteiger partial charge is 0.383 e. The molecule has 2 unspecified atom stereocenters. The van der Waals surface area contributed by atoms with Crippen LogP contribution in [0.5, 0.6) is 0 Å². The first-order chi connectivity index (χ1) is 7.61. The third-order valence-electron chi connectivity index (χ3n) is 2.77. The monoisotopic (exact) mass is 229 g/mol. The maximum Gasteiger partial charge on any atom is 0.234 e. The number of carbonyl (C=O) groups is 1. The molecule has 0 bridgehead atoms. The van der Waals surface area contributed by atoms with E-state index in [0.717, 1.165) is 19.5 Å². The predicted octanol–water partition coefficient (Wildman–Crippen LogP) is -0.569. The number of hydrogen-bond donors (Lipinski definition) is 2. The van der Waals surface area contributed by atoms with Gasteiger partial charge in [-0.15, -0.1) is 0 Å². The molecule has 2 N–H and O–H groups in total. The van der Waals surface area contributed by atoms with E-state index < -0.39 is 0 Å². The van der Waals surface area contributed by atoms with Gasteiger partial charge in [-0.05, 0) is 26.9 Å². The molecule has 0 aromatic rings. The average Bonchev–Trinajstić information content (AvgIpc) is 2.61. The summed E-state index contributed by atoms with van der Waals surface area (Å²) >= 11 is 0. The lowest BCUT2D eigenvalue weighted by Gasteiger charge is -2.15. The van der Waals surface area contributed by atoms with Crippen LogP contribution in [0.15, 0.2) is 0 Å². The van der Waals surface area contributed by atoms with Crippen LogP contribution >= 0.6 is 0 Å². The number of ether oxygens (including phenoxy) is 1. The SMILES string of the molecule is COCC(C)NC(=O)CNC1CCN(C)C1. The van der Waals surface area contributed by atoms with E-state index in [-0.39, 0.29) is 11.9 Å². The van der Waals surface area contributed by atoms with Crippen molar-refractivity contribution in [1.82, 2.24) is 15.5 Å². The van der Waals surface area contributed by atoms with E-state index in [1.54, 1.807) is 7.11 Å². The van der Waals surface area contributed by atoms with Gasteiger partial charge in [0.15, 0.2) is 0 Å². The molecule has 94 valence electrons. The van der Waals surface area contributed by atoms with Crippen molar-refractivity contribution in [3.05, 3.63) is 0 Å². The van der Waals surface area contributed by atoms with Crippen molar-refractivity contribution in [2.75, 3.05) is 40.4 Å². The molecular weight excluding hydrogens is 206 g/mol. The van der Waals surface area contributed by atoms with Crippen LogP contribution in [-0.2, 0) is 9.53 Å². The summed E-state index contributed by atoms with van der Waals surface area (Å²) in [5.74, 6) is 0.0408. The highest BCUT2D eigenvalue weighted by molar-refractivity contribution is 5.78. The number of methoxy groups -OCH3 is 1. The Hall–Kier alpha value is -0.650. The lowest BCUT2D eigenvalue weighted by molar-refractivity contribution is -0.121. The average molecular weight is 229 g/mol. The van der Waals surface area contributed by atoms with Crippen molar-refractivity contribution in [1.29, 1.82) is 0 Å². The van der Waals surface area contributed by atoms with Crippen LogP contribution in [0.2, 0.25) is 0 Å². The molecule has 1 fully saturated rings. The molecule has 5 heteroatoms. The number of nitrogens with one attached hydrogen (secondary N) is 2. The Morgan fingerprint density at radius 3 is 2.94 bits per heavy atom. The van der Waals surface area contributed by atoms with Crippen LogP contribution in [0, 0.1) is 0 Å². The van der Waals surface area contributed by atoms with Gasteiger partial charge in [0.2, 0.25) is 5.91 Å². The fourth-order valence-electron chi connectivity index (χ4n) is 1.96. The number of rotatable bonds is 6. The second kappa shape index (κ2) is 6.83. The zero-order valence-corrected chi connectivity index (χ0v) is 10.5. The van der Waals surface area contributed by atoms with Gasteiger partial charge in [0, 0.05) is 25.7 Å². The normalized spacial score (nSPS) is 23.3. The van der Waals surface area contributed by atoms with Crippen LogP contribution in [-0.4, -0.2) is 63.3 Å². The molecule has 1 aliphatic heterocycles. The highest BCUT2D eigenvalue weighted by atomic mass is 16.5. The van der Waals surface area contributed by atoms with E-state index in [1.807, 2.05) is 6.92 Å². The van der Waals surface area contributed by atoms with Crippen LogP contribution < -0.4 is 10.6 Å². The van der Waals surface area contributed by atoms with E-state index in [1.165, 1.54) is 0 Å². The van der Waals surface area contributed by atoms with Crippen molar-refractivity contribution < 1.29 is 9.53 Å². The maximum absolute atomic E-state index is 11.5. The molecule has 0 radical (unpaired) electrons. The maximum atomic E-state index is 11.5. The second-order valence-electron chi connectivity index (χ2n) is 4.55. The first kappa shape index (κ1) is 13.4. The van der Waals surface area contributed by atoms with Gasteiger partial charge in [0.1, 0.15) is 0 Å². The third-order valence-corrected chi connectivity index (χ3v) is 2.77. The van der Waals surface area contributed by atoms with E-state index in [4.69, 9.17) is 4.74 Å². The van der Waals surface area contributed by atoms with Gasteiger partial charge < -0.3 is 20.3 Å². The van der Waals surface area contributed by atoms with Gasteiger partial charge in [-0.1, -0.05) is 0 Å². The lowest BCUT2D eigenvalue weighted by atomic mass is 10.2. The van der Waals surface area contributed by atoms with E-state index in [2.05, 4.69) is 22.6 Å². The van der Waals surface area contributed by atoms with Gasteiger partial charge in [-0.25, -0.2) is 0 Å². The van der Waals surface area contributed by atoms with Gasteiger partial charge in [-0.2, -0.15) is 0 Å². The molecule has 0 aliphatic carbocycles. The number of nitrogens with zero attached hydrogens (tertiary/aromatic N) is 1. The van der Waals surface area contributed by atoms with Crippen molar-refractivity contribution >= 4 is 5.91 Å². The summed E-state index contributed by atoms with van der Waals surface area (Å²) in [4.78, 5) is 13.8. The van der Waals surface area contributed by atoms with E-state index in [9.17, 15) is 4.79 Å². The topological polar surface area (TPSA) is 53.6 Å². The molecule has 1 saturated heterocycles. The third kappa shape index (κ3) is 4.92. The first-order valence-electron chi connectivity index (χ1n) is 5.82. The minimum absolute atomic E-state index is 0.0408. The summed E-state index contributed by atoms with van der Waals surface area (Å²) in [5.41, 5.74) is 0. The summed E-state index contributed by atoms with van der Waals surface area (Å²) in [6, 6.07) is 0.527. The standard InChI is InChI=1S/C11H23N3O2/c1-9(8-16-3)13-11(15)6-12-10-4-5-14(2)7-10/h9-10,12H,4-8H2,1-3H3,(H,13,15). The Labute approximate surface area is 97.5 Å². The Morgan fingerprint density at radius 2 is 2.38 bits per heavy atom. The minimum atomic E-state index is 0.0408. The Kier molecular flexibility index (Phi) is 5.73. The number of likely N-dealkylation sites (N-methyl/N-ethyl adjacent to an activating group) is 1. The molecule has 0 saturated carbocycles. The smallest absolute Gasteiger partial charge is 0.234 e. The zero-order chi connectivity index (χ0) is 12.0. The number of hydrogen-bond acceptors (Lipinski definition) is 4. The molecule has 0 aromatic heterocycles. The Bertz CT molecular complexity index is 223. The molecule has 16 heavy (non-hydrogen) atoms. The van der Waals surface area contributed by atoms with Crippen molar-refractivity contribution in [3.63, 3.8) is 0 Å². The summed E-state index contributed by atoms with van der Waals surface area (Å²) in [6.45, 7) is 5.02. The molecule has 2 atom stereocenters.